The number of para-hydroxylation sites is 1. The predicted molar refractivity (Wildman–Crippen MR) is 143 cm³/mol. The molecule has 0 spiro atoms. The van der Waals surface area contributed by atoms with Crippen LogP contribution in [0.2, 0.25) is 0 Å². The van der Waals surface area contributed by atoms with Crippen LogP contribution in [0.4, 0.5) is 13.2 Å². The van der Waals surface area contributed by atoms with Gasteiger partial charge in [-0.05, 0) is 60.6 Å². The predicted octanol–water partition coefficient (Wildman–Crippen LogP) is 6.52. The van der Waals surface area contributed by atoms with Crippen LogP contribution in [-0.4, -0.2) is 43.6 Å². The van der Waals surface area contributed by atoms with E-state index in [1.807, 2.05) is 47.4 Å². The molecule has 6 nitrogen and oxygen atoms in total. The minimum Gasteiger partial charge on any atom is -0.342 e. The van der Waals surface area contributed by atoms with E-state index in [1.165, 1.54) is 6.07 Å². The molecule has 3 heterocycles. The molecule has 1 saturated carbocycles. The van der Waals surface area contributed by atoms with Gasteiger partial charge in [-0.1, -0.05) is 36.4 Å². The summed E-state index contributed by atoms with van der Waals surface area (Å²) >= 11 is 0. The minimum absolute atomic E-state index is 0.0612. The molecule has 198 valence electrons. The maximum atomic E-state index is 14.1. The third-order valence-corrected chi connectivity index (χ3v) is 7.95. The van der Waals surface area contributed by atoms with Crippen LogP contribution < -0.4 is 0 Å². The molecule has 0 radical (unpaired) electrons. The van der Waals surface area contributed by atoms with E-state index in [0.29, 0.717) is 31.0 Å². The van der Waals surface area contributed by atoms with Gasteiger partial charge in [-0.15, -0.1) is 0 Å². The number of carbonyl (C=O) groups is 1. The topological polar surface area (TPSA) is 66.8 Å². The summed E-state index contributed by atoms with van der Waals surface area (Å²) in [7, 11) is 0. The highest BCUT2D eigenvalue weighted by atomic mass is 19.4. The van der Waals surface area contributed by atoms with Crippen molar-refractivity contribution in [2.45, 2.75) is 32.0 Å². The van der Waals surface area contributed by atoms with Crippen molar-refractivity contribution >= 4 is 27.8 Å². The Bertz CT molecular complexity index is 1700. The van der Waals surface area contributed by atoms with Crippen molar-refractivity contribution in [1.82, 2.24) is 24.6 Å². The van der Waals surface area contributed by atoms with Gasteiger partial charge in [0.05, 0.1) is 28.3 Å². The molecule has 1 amide bonds. The zero-order chi connectivity index (χ0) is 26.7. The standard InChI is InChI=1S/C30H26F3N5O/c31-30(32,33)24-2-1-3-26-27(24)38(17-18-12-13-37(16-18)29(39)21-8-9-21)28(35-26)20-6-4-19(5-7-20)22-10-11-25-23(14-22)15-34-36-25/h1-7,10-11,14-15,18,21H,8-9,12-13,16-17H2,(H,34,36)/t18-/m0/s1. The van der Waals surface area contributed by atoms with Crippen molar-refractivity contribution in [3.8, 4) is 22.5 Å². The van der Waals surface area contributed by atoms with E-state index in [1.54, 1.807) is 16.8 Å². The molecule has 1 N–H and O–H groups in total. The van der Waals surface area contributed by atoms with Gasteiger partial charge in [0, 0.05) is 36.5 Å². The van der Waals surface area contributed by atoms with Crippen molar-refractivity contribution in [3.63, 3.8) is 0 Å². The van der Waals surface area contributed by atoms with Crippen LogP contribution in [0, 0.1) is 11.8 Å². The zero-order valence-corrected chi connectivity index (χ0v) is 21.1. The Morgan fingerprint density at radius 3 is 2.51 bits per heavy atom. The molecule has 1 aliphatic carbocycles. The second kappa shape index (κ2) is 8.97. The summed E-state index contributed by atoms with van der Waals surface area (Å²) in [6, 6.07) is 18.0. The molecule has 9 heteroatoms. The van der Waals surface area contributed by atoms with E-state index < -0.39 is 11.7 Å². The number of benzene rings is 3. The van der Waals surface area contributed by atoms with Crippen molar-refractivity contribution in [1.29, 1.82) is 0 Å². The second-order valence-corrected chi connectivity index (χ2v) is 10.7. The molecule has 2 fully saturated rings. The number of alkyl halides is 3. The summed E-state index contributed by atoms with van der Waals surface area (Å²) in [5, 5.41) is 8.03. The number of aromatic amines is 1. The fourth-order valence-electron chi connectivity index (χ4n) is 5.78. The summed E-state index contributed by atoms with van der Waals surface area (Å²) in [6.45, 7) is 1.59. The molecule has 2 aromatic heterocycles. The Balaban J connectivity index is 1.27. The number of likely N-dealkylation sites (tertiary alicyclic amines) is 1. The first-order valence-electron chi connectivity index (χ1n) is 13.2. The van der Waals surface area contributed by atoms with E-state index in [-0.39, 0.29) is 23.3 Å². The molecule has 1 saturated heterocycles. The van der Waals surface area contributed by atoms with E-state index in [0.717, 1.165) is 52.9 Å². The Hall–Kier alpha value is -4.14. The number of fused-ring (bicyclic) bond motifs is 2. The molecular weight excluding hydrogens is 503 g/mol. The molecule has 0 unspecified atom stereocenters. The largest absolute Gasteiger partial charge is 0.418 e. The van der Waals surface area contributed by atoms with E-state index in [2.05, 4.69) is 10.2 Å². The fraction of sp³-hybridized carbons (Fsp3) is 0.300. The number of amides is 1. The number of nitrogens with zero attached hydrogens (tertiary/aromatic N) is 4. The molecule has 1 atom stereocenters. The highest BCUT2D eigenvalue weighted by Gasteiger charge is 2.38. The molecule has 39 heavy (non-hydrogen) atoms. The number of nitrogens with one attached hydrogen (secondary N) is 1. The molecule has 1 aliphatic heterocycles. The van der Waals surface area contributed by atoms with Crippen LogP contribution in [0.5, 0.6) is 0 Å². The zero-order valence-electron chi connectivity index (χ0n) is 21.1. The van der Waals surface area contributed by atoms with Crippen LogP contribution in [0.1, 0.15) is 24.8 Å². The Morgan fingerprint density at radius 1 is 0.974 bits per heavy atom. The summed E-state index contributed by atoms with van der Waals surface area (Å²) in [5.74, 6) is 0.892. The van der Waals surface area contributed by atoms with Crippen LogP contribution in [0.25, 0.3) is 44.5 Å². The first-order chi connectivity index (χ1) is 18.8. The third-order valence-electron chi connectivity index (χ3n) is 7.95. The number of aromatic nitrogens is 4. The molecule has 7 rings (SSSR count). The first kappa shape index (κ1) is 23.9. The Labute approximate surface area is 222 Å². The molecule has 5 aromatic rings. The summed E-state index contributed by atoms with van der Waals surface area (Å²) in [4.78, 5) is 19.2. The molecular formula is C30H26F3N5O. The van der Waals surface area contributed by atoms with Gasteiger partial charge in [0.25, 0.3) is 0 Å². The number of halogens is 3. The number of hydrogen-bond acceptors (Lipinski definition) is 3. The van der Waals surface area contributed by atoms with Crippen LogP contribution in [0.3, 0.4) is 0 Å². The normalized spacial score (nSPS) is 17.9. The van der Waals surface area contributed by atoms with Gasteiger partial charge in [0.1, 0.15) is 5.82 Å². The lowest BCUT2D eigenvalue weighted by Crippen LogP contribution is -2.30. The maximum Gasteiger partial charge on any atom is 0.418 e. The van der Waals surface area contributed by atoms with Gasteiger partial charge in [-0.3, -0.25) is 9.89 Å². The Kier molecular flexibility index (Phi) is 5.50. The van der Waals surface area contributed by atoms with Crippen LogP contribution in [-0.2, 0) is 17.5 Å². The maximum absolute atomic E-state index is 14.1. The average Bonchev–Trinajstić information content (AvgIpc) is 3.32. The van der Waals surface area contributed by atoms with Crippen LogP contribution >= 0.6 is 0 Å². The number of carbonyl (C=O) groups excluding carboxylic acids is 1. The van der Waals surface area contributed by atoms with Gasteiger partial charge >= 0.3 is 6.18 Å². The van der Waals surface area contributed by atoms with E-state index in [4.69, 9.17) is 4.98 Å². The highest BCUT2D eigenvalue weighted by Crippen LogP contribution is 2.39. The minimum atomic E-state index is -4.51. The smallest absolute Gasteiger partial charge is 0.342 e. The summed E-state index contributed by atoms with van der Waals surface area (Å²) in [6.07, 6.45) is -0.0838. The fourth-order valence-corrected chi connectivity index (χ4v) is 5.78. The van der Waals surface area contributed by atoms with Crippen molar-refractivity contribution in [2.24, 2.45) is 11.8 Å². The number of H-pyrrole nitrogens is 1. The van der Waals surface area contributed by atoms with Gasteiger partial charge < -0.3 is 9.47 Å². The van der Waals surface area contributed by atoms with Gasteiger partial charge in [-0.25, -0.2) is 4.98 Å². The lowest BCUT2D eigenvalue weighted by atomic mass is 10.0. The molecule has 0 bridgehead atoms. The van der Waals surface area contributed by atoms with E-state index >= 15 is 0 Å². The van der Waals surface area contributed by atoms with Gasteiger partial charge in [0.2, 0.25) is 5.91 Å². The van der Waals surface area contributed by atoms with Gasteiger partial charge in [-0.2, -0.15) is 18.3 Å². The van der Waals surface area contributed by atoms with Crippen molar-refractivity contribution in [2.75, 3.05) is 13.1 Å². The summed E-state index contributed by atoms with van der Waals surface area (Å²) < 4.78 is 44.1. The number of imidazole rings is 1. The van der Waals surface area contributed by atoms with Crippen molar-refractivity contribution < 1.29 is 18.0 Å². The third kappa shape index (κ3) is 4.35. The van der Waals surface area contributed by atoms with Crippen molar-refractivity contribution in [3.05, 3.63) is 72.4 Å². The number of rotatable bonds is 5. The lowest BCUT2D eigenvalue weighted by molar-refractivity contribution is -0.136. The SMILES string of the molecule is O=C(C1CC1)N1CC[C@H](Cn2c(-c3ccc(-c4ccc5[nH]ncc5c4)cc3)nc3cccc(C(F)(F)F)c32)C1. The van der Waals surface area contributed by atoms with E-state index in [9.17, 15) is 18.0 Å². The van der Waals surface area contributed by atoms with Gasteiger partial charge in [0.15, 0.2) is 0 Å². The second-order valence-electron chi connectivity index (χ2n) is 10.7. The summed E-state index contributed by atoms with van der Waals surface area (Å²) in [5.41, 5.74) is 3.44. The molecule has 3 aromatic carbocycles. The monoisotopic (exact) mass is 529 g/mol. The number of hydrogen-bond donors (Lipinski definition) is 1. The first-order valence-corrected chi connectivity index (χ1v) is 13.2. The average molecular weight is 530 g/mol. The van der Waals surface area contributed by atoms with Crippen LogP contribution in [0.15, 0.2) is 66.9 Å². The quantitative estimate of drug-likeness (QED) is 0.282. The Morgan fingerprint density at radius 2 is 1.74 bits per heavy atom. The lowest BCUT2D eigenvalue weighted by Gasteiger charge is -2.19. The highest BCUT2D eigenvalue weighted by molar-refractivity contribution is 5.86. The molecule has 2 aliphatic rings.